The fourth-order valence-electron chi connectivity index (χ4n) is 2.25. The maximum atomic E-state index is 13.3. The minimum Gasteiger partial charge on any atom is -0.503 e. The number of anilines is 1. The molecule has 0 spiro atoms. The zero-order valence-corrected chi connectivity index (χ0v) is 11.7. The van der Waals surface area contributed by atoms with E-state index in [0.29, 0.717) is 12.1 Å². The average Bonchev–Trinajstić information content (AvgIpc) is 2.34. The molecule has 4 heteroatoms. The molecule has 20 heavy (non-hydrogen) atoms. The summed E-state index contributed by atoms with van der Waals surface area (Å²) in [5.74, 6) is -2.80. The summed E-state index contributed by atoms with van der Waals surface area (Å²) in [6, 6.07) is 8.40. The molecule has 0 heterocycles. The fourth-order valence-corrected chi connectivity index (χ4v) is 2.25. The van der Waals surface area contributed by atoms with Crippen LogP contribution in [0.15, 0.2) is 30.3 Å². The zero-order chi connectivity index (χ0) is 14.9. The third kappa shape index (κ3) is 3.07. The predicted octanol–water partition coefficient (Wildman–Crippen LogP) is 3.92. The normalized spacial score (nSPS) is 10.7. The van der Waals surface area contributed by atoms with Gasteiger partial charge in [0.05, 0.1) is 0 Å². The third-order valence-corrected chi connectivity index (χ3v) is 3.14. The van der Waals surface area contributed by atoms with E-state index in [-0.39, 0.29) is 0 Å². The maximum absolute atomic E-state index is 13.3. The summed E-state index contributed by atoms with van der Waals surface area (Å²) in [7, 11) is 1.86. The first-order chi connectivity index (χ1) is 9.36. The average molecular weight is 277 g/mol. The number of halogens is 2. The number of nitrogens with zero attached hydrogens (tertiary/aromatic N) is 1. The van der Waals surface area contributed by atoms with E-state index in [4.69, 9.17) is 5.11 Å². The lowest BCUT2D eigenvalue weighted by atomic mass is 10.1. The molecule has 0 saturated carbocycles. The van der Waals surface area contributed by atoms with Gasteiger partial charge >= 0.3 is 0 Å². The number of rotatable bonds is 3. The summed E-state index contributed by atoms with van der Waals surface area (Å²) >= 11 is 0. The Morgan fingerprint density at radius 3 is 1.95 bits per heavy atom. The molecular formula is C16H17F2NO. The Morgan fingerprint density at radius 1 is 0.950 bits per heavy atom. The van der Waals surface area contributed by atoms with Crippen LogP contribution in [0.1, 0.15) is 16.7 Å². The summed E-state index contributed by atoms with van der Waals surface area (Å²) in [5.41, 5.74) is 3.72. The SMILES string of the molecule is Cc1cc(C)cc(N(C)Cc2cc(F)c(O)c(F)c2)c1. The first-order valence-electron chi connectivity index (χ1n) is 6.33. The van der Waals surface area contributed by atoms with E-state index in [1.165, 1.54) is 0 Å². The van der Waals surface area contributed by atoms with Gasteiger partial charge in [-0.3, -0.25) is 0 Å². The van der Waals surface area contributed by atoms with Gasteiger partial charge in [-0.05, 0) is 54.8 Å². The summed E-state index contributed by atoms with van der Waals surface area (Å²) < 4.78 is 26.6. The second kappa shape index (κ2) is 5.49. The molecule has 2 rings (SSSR count). The fraction of sp³-hybridized carbons (Fsp3) is 0.250. The minimum absolute atomic E-state index is 0.358. The van der Waals surface area contributed by atoms with Crippen LogP contribution in [0.5, 0.6) is 5.75 Å². The van der Waals surface area contributed by atoms with E-state index in [1.54, 1.807) is 0 Å². The van der Waals surface area contributed by atoms with Gasteiger partial charge < -0.3 is 10.0 Å². The molecule has 2 nitrogen and oxygen atoms in total. The monoisotopic (exact) mass is 277 g/mol. The molecule has 0 unspecified atom stereocenters. The maximum Gasteiger partial charge on any atom is 0.187 e. The molecule has 0 aliphatic heterocycles. The number of benzene rings is 2. The topological polar surface area (TPSA) is 23.5 Å². The van der Waals surface area contributed by atoms with E-state index >= 15 is 0 Å². The molecule has 0 aromatic heterocycles. The van der Waals surface area contributed by atoms with Crippen molar-refractivity contribution in [3.8, 4) is 5.75 Å². The minimum atomic E-state index is -0.936. The van der Waals surface area contributed by atoms with Crippen molar-refractivity contribution in [2.75, 3.05) is 11.9 Å². The molecule has 2 aromatic rings. The first kappa shape index (κ1) is 14.3. The number of hydrogen-bond acceptors (Lipinski definition) is 2. The molecule has 0 aliphatic rings. The van der Waals surface area contributed by atoms with Crippen molar-refractivity contribution in [1.82, 2.24) is 0 Å². The van der Waals surface area contributed by atoms with Crippen molar-refractivity contribution in [2.45, 2.75) is 20.4 Å². The second-order valence-electron chi connectivity index (χ2n) is 5.11. The highest BCUT2D eigenvalue weighted by Gasteiger charge is 2.11. The Kier molecular flexibility index (Phi) is 3.93. The van der Waals surface area contributed by atoms with E-state index in [2.05, 4.69) is 6.07 Å². The molecule has 0 bridgehead atoms. The molecule has 0 fully saturated rings. The number of hydrogen-bond donors (Lipinski definition) is 1. The van der Waals surface area contributed by atoms with Crippen molar-refractivity contribution in [2.24, 2.45) is 0 Å². The Hall–Kier alpha value is -2.10. The summed E-state index contributed by atoms with van der Waals surface area (Å²) in [6.07, 6.45) is 0. The van der Waals surface area contributed by atoms with E-state index in [9.17, 15) is 8.78 Å². The molecule has 0 saturated heterocycles. The van der Waals surface area contributed by atoms with Gasteiger partial charge in [0.15, 0.2) is 17.4 Å². The van der Waals surface area contributed by atoms with Gasteiger partial charge in [0.1, 0.15) is 0 Å². The van der Waals surface area contributed by atoms with Crippen molar-refractivity contribution in [3.05, 3.63) is 58.7 Å². The van der Waals surface area contributed by atoms with E-state index in [0.717, 1.165) is 28.9 Å². The van der Waals surface area contributed by atoms with Crippen LogP contribution in [-0.4, -0.2) is 12.2 Å². The molecule has 106 valence electrons. The zero-order valence-electron chi connectivity index (χ0n) is 11.7. The van der Waals surface area contributed by atoms with Crippen molar-refractivity contribution in [1.29, 1.82) is 0 Å². The van der Waals surface area contributed by atoms with Crippen molar-refractivity contribution >= 4 is 5.69 Å². The van der Waals surface area contributed by atoms with Gasteiger partial charge in [-0.25, -0.2) is 8.78 Å². The quantitative estimate of drug-likeness (QED) is 0.919. The second-order valence-corrected chi connectivity index (χ2v) is 5.11. The van der Waals surface area contributed by atoms with Gasteiger partial charge in [-0.2, -0.15) is 0 Å². The van der Waals surface area contributed by atoms with Crippen molar-refractivity contribution in [3.63, 3.8) is 0 Å². The third-order valence-electron chi connectivity index (χ3n) is 3.14. The Labute approximate surface area is 117 Å². The van der Waals surface area contributed by atoms with Crippen LogP contribution in [-0.2, 0) is 6.54 Å². The highest BCUT2D eigenvalue weighted by molar-refractivity contribution is 5.50. The molecule has 0 radical (unpaired) electrons. The van der Waals surface area contributed by atoms with Crippen LogP contribution < -0.4 is 4.90 Å². The number of phenolic OH excluding ortho intramolecular Hbond substituents is 1. The standard InChI is InChI=1S/C16H17F2NO/c1-10-4-11(2)6-13(5-10)19(3)9-12-7-14(17)16(20)15(18)8-12/h4-8,20H,9H2,1-3H3. The number of phenols is 1. The molecule has 0 atom stereocenters. The van der Waals surface area contributed by atoms with E-state index < -0.39 is 17.4 Å². The largest absolute Gasteiger partial charge is 0.503 e. The Morgan fingerprint density at radius 2 is 1.45 bits per heavy atom. The molecule has 2 aromatic carbocycles. The first-order valence-corrected chi connectivity index (χ1v) is 6.33. The lowest BCUT2D eigenvalue weighted by Crippen LogP contribution is -2.17. The summed E-state index contributed by atoms with van der Waals surface area (Å²) in [6.45, 7) is 4.37. The highest BCUT2D eigenvalue weighted by atomic mass is 19.1. The lowest BCUT2D eigenvalue weighted by molar-refractivity contribution is 0.395. The van der Waals surface area contributed by atoms with Gasteiger partial charge in [-0.15, -0.1) is 0 Å². The summed E-state index contributed by atoms with van der Waals surface area (Å²) in [5, 5.41) is 9.09. The molecular weight excluding hydrogens is 260 g/mol. The number of aromatic hydroxyl groups is 1. The predicted molar refractivity (Wildman–Crippen MR) is 76.0 cm³/mol. The van der Waals surface area contributed by atoms with Crippen LogP contribution in [0.3, 0.4) is 0 Å². The lowest BCUT2D eigenvalue weighted by Gasteiger charge is -2.21. The van der Waals surface area contributed by atoms with Crippen LogP contribution in [0.25, 0.3) is 0 Å². The molecule has 1 N–H and O–H groups in total. The smallest absolute Gasteiger partial charge is 0.187 e. The van der Waals surface area contributed by atoms with Gasteiger partial charge in [0, 0.05) is 19.3 Å². The van der Waals surface area contributed by atoms with Gasteiger partial charge in [0.2, 0.25) is 0 Å². The van der Waals surface area contributed by atoms with Crippen LogP contribution in [0, 0.1) is 25.5 Å². The van der Waals surface area contributed by atoms with E-state index in [1.807, 2.05) is 37.9 Å². The van der Waals surface area contributed by atoms with Crippen molar-refractivity contribution < 1.29 is 13.9 Å². The Balaban J connectivity index is 2.25. The van der Waals surface area contributed by atoms with Crippen LogP contribution >= 0.6 is 0 Å². The molecule has 0 amide bonds. The Bertz CT molecular complexity index is 597. The number of aryl methyl sites for hydroxylation is 2. The summed E-state index contributed by atoms with van der Waals surface area (Å²) in [4.78, 5) is 1.91. The van der Waals surface area contributed by atoms with Crippen LogP contribution in [0.2, 0.25) is 0 Å². The highest BCUT2D eigenvalue weighted by Crippen LogP contribution is 2.24. The molecule has 0 aliphatic carbocycles. The van der Waals surface area contributed by atoms with Gasteiger partial charge in [-0.1, -0.05) is 6.07 Å². The van der Waals surface area contributed by atoms with Crippen LogP contribution in [0.4, 0.5) is 14.5 Å². The van der Waals surface area contributed by atoms with Gasteiger partial charge in [0.25, 0.3) is 0 Å².